The van der Waals surface area contributed by atoms with Crippen LogP contribution in [0.1, 0.15) is 29.1 Å². The molecule has 1 aromatic rings. The minimum absolute atomic E-state index is 0.101. The van der Waals surface area contributed by atoms with Gasteiger partial charge >= 0.3 is 5.97 Å². The van der Waals surface area contributed by atoms with Gasteiger partial charge in [-0.1, -0.05) is 0 Å². The standard InChI is InChI=1S/C8H11NO3S/c1-5(2)12-4-7-6(8(10)11)3-9-13-7/h3,5H,4H2,1-2H3,(H,10,11). The van der Waals surface area contributed by atoms with E-state index in [1.165, 1.54) is 6.20 Å². The number of carboxylic acid groups (broad SMARTS) is 1. The Kier molecular flexibility index (Phi) is 3.39. The highest BCUT2D eigenvalue weighted by atomic mass is 32.1. The predicted molar refractivity (Wildman–Crippen MR) is 49.0 cm³/mol. The molecule has 1 rings (SSSR count). The minimum Gasteiger partial charge on any atom is -0.478 e. The van der Waals surface area contributed by atoms with Gasteiger partial charge in [0.05, 0.1) is 29.3 Å². The number of aromatic nitrogens is 1. The highest BCUT2D eigenvalue weighted by molar-refractivity contribution is 7.06. The van der Waals surface area contributed by atoms with E-state index in [0.29, 0.717) is 11.5 Å². The molecule has 0 aliphatic heterocycles. The van der Waals surface area contributed by atoms with E-state index >= 15 is 0 Å². The molecule has 0 saturated heterocycles. The lowest BCUT2D eigenvalue weighted by Crippen LogP contribution is -2.04. The lowest BCUT2D eigenvalue weighted by molar-refractivity contribution is 0.0620. The van der Waals surface area contributed by atoms with Crippen molar-refractivity contribution in [2.45, 2.75) is 26.6 Å². The van der Waals surface area contributed by atoms with Crippen LogP contribution >= 0.6 is 11.5 Å². The number of carbonyl (C=O) groups is 1. The van der Waals surface area contributed by atoms with Gasteiger partial charge in [0.15, 0.2) is 0 Å². The molecule has 4 nitrogen and oxygen atoms in total. The summed E-state index contributed by atoms with van der Waals surface area (Å²) in [6, 6.07) is 0. The molecule has 0 radical (unpaired) electrons. The van der Waals surface area contributed by atoms with Crippen molar-refractivity contribution in [1.29, 1.82) is 0 Å². The first kappa shape index (κ1) is 10.1. The van der Waals surface area contributed by atoms with E-state index in [1.54, 1.807) is 0 Å². The Labute approximate surface area is 80.3 Å². The quantitative estimate of drug-likeness (QED) is 0.806. The maximum Gasteiger partial charge on any atom is 0.338 e. The summed E-state index contributed by atoms with van der Waals surface area (Å²) in [4.78, 5) is 11.3. The van der Waals surface area contributed by atoms with Crippen molar-refractivity contribution in [3.8, 4) is 0 Å². The second kappa shape index (κ2) is 4.34. The molecule has 1 N–H and O–H groups in total. The Morgan fingerprint density at radius 1 is 1.77 bits per heavy atom. The van der Waals surface area contributed by atoms with Crippen molar-refractivity contribution in [2.75, 3.05) is 0 Å². The lowest BCUT2D eigenvalue weighted by atomic mass is 10.3. The van der Waals surface area contributed by atoms with Crippen LogP contribution in [0.3, 0.4) is 0 Å². The molecule has 0 unspecified atom stereocenters. The number of carboxylic acids is 1. The van der Waals surface area contributed by atoms with Gasteiger partial charge < -0.3 is 9.84 Å². The van der Waals surface area contributed by atoms with E-state index in [1.807, 2.05) is 13.8 Å². The summed E-state index contributed by atoms with van der Waals surface area (Å²) >= 11 is 1.16. The van der Waals surface area contributed by atoms with Crippen molar-refractivity contribution in [3.05, 3.63) is 16.6 Å². The zero-order valence-corrected chi connectivity index (χ0v) is 8.30. The predicted octanol–water partition coefficient (Wildman–Crippen LogP) is 1.77. The van der Waals surface area contributed by atoms with E-state index in [0.717, 1.165) is 11.5 Å². The van der Waals surface area contributed by atoms with Gasteiger partial charge in [-0.15, -0.1) is 0 Å². The smallest absolute Gasteiger partial charge is 0.338 e. The molecular weight excluding hydrogens is 190 g/mol. The fourth-order valence-corrected chi connectivity index (χ4v) is 1.43. The van der Waals surface area contributed by atoms with Crippen LogP contribution in [-0.4, -0.2) is 21.6 Å². The van der Waals surface area contributed by atoms with Gasteiger partial charge in [0.2, 0.25) is 0 Å². The van der Waals surface area contributed by atoms with E-state index in [-0.39, 0.29) is 11.7 Å². The fraction of sp³-hybridized carbons (Fsp3) is 0.500. The normalized spacial score (nSPS) is 10.7. The molecule has 0 spiro atoms. The summed E-state index contributed by atoms with van der Waals surface area (Å²) in [6.07, 6.45) is 1.45. The van der Waals surface area contributed by atoms with Crippen LogP contribution in [0, 0.1) is 0 Å². The van der Waals surface area contributed by atoms with Gasteiger partial charge in [-0.2, -0.15) is 4.37 Å². The summed E-state index contributed by atoms with van der Waals surface area (Å²) in [6.45, 7) is 4.13. The SMILES string of the molecule is CC(C)OCc1sncc1C(=O)O. The van der Waals surface area contributed by atoms with Gasteiger partial charge in [0, 0.05) is 0 Å². The third-order valence-corrected chi connectivity index (χ3v) is 2.19. The van der Waals surface area contributed by atoms with E-state index in [9.17, 15) is 4.79 Å². The summed E-state index contributed by atoms with van der Waals surface area (Å²) in [5.74, 6) is -0.948. The molecule has 0 bridgehead atoms. The van der Waals surface area contributed by atoms with Crippen LogP contribution in [0.15, 0.2) is 6.20 Å². The van der Waals surface area contributed by atoms with Gasteiger partial charge in [0.25, 0.3) is 0 Å². The molecule has 1 heterocycles. The van der Waals surface area contributed by atoms with Crippen LogP contribution in [0.25, 0.3) is 0 Å². The van der Waals surface area contributed by atoms with Gasteiger partial charge in [0.1, 0.15) is 0 Å². The molecule has 72 valence electrons. The summed E-state index contributed by atoms with van der Waals surface area (Å²) < 4.78 is 9.09. The van der Waals surface area contributed by atoms with Crippen LogP contribution in [0.2, 0.25) is 0 Å². The van der Waals surface area contributed by atoms with Crippen LogP contribution in [0.5, 0.6) is 0 Å². The second-order valence-electron chi connectivity index (χ2n) is 2.83. The molecular formula is C8H11NO3S. The number of aromatic carboxylic acids is 1. The molecule has 0 aliphatic carbocycles. The number of nitrogens with zero attached hydrogens (tertiary/aromatic N) is 1. The van der Waals surface area contributed by atoms with Crippen molar-refractivity contribution >= 4 is 17.5 Å². The summed E-state index contributed by atoms with van der Waals surface area (Å²) in [7, 11) is 0. The third-order valence-electron chi connectivity index (χ3n) is 1.42. The molecule has 0 amide bonds. The molecule has 0 atom stereocenters. The molecule has 0 saturated carbocycles. The monoisotopic (exact) mass is 201 g/mol. The summed E-state index contributed by atoms with van der Waals surface area (Å²) in [5.41, 5.74) is 0.241. The van der Waals surface area contributed by atoms with Crippen molar-refractivity contribution in [2.24, 2.45) is 0 Å². The summed E-state index contributed by atoms with van der Waals surface area (Å²) in [5, 5.41) is 8.73. The van der Waals surface area contributed by atoms with Crippen molar-refractivity contribution < 1.29 is 14.6 Å². The first-order chi connectivity index (χ1) is 6.11. The average Bonchev–Trinajstić information content (AvgIpc) is 2.47. The third kappa shape index (κ3) is 2.78. The number of hydrogen-bond acceptors (Lipinski definition) is 4. The molecule has 5 heteroatoms. The number of rotatable bonds is 4. The Morgan fingerprint density at radius 2 is 2.46 bits per heavy atom. The largest absolute Gasteiger partial charge is 0.478 e. The fourth-order valence-electron chi connectivity index (χ4n) is 0.785. The zero-order valence-electron chi connectivity index (χ0n) is 7.48. The van der Waals surface area contributed by atoms with E-state index in [2.05, 4.69) is 4.37 Å². The second-order valence-corrected chi connectivity index (χ2v) is 3.71. The molecule has 0 aromatic carbocycles. The Morgan fingerprint density at radius 3 is 3.00 bits per heavy atom. The molecule has 0 fully saturated rings. The first-order valence-electron chi connectivity index (χ1n) is 3.89. The maximum absolute atomic E-state index is 10.6. The Hall–Kier alpha value is -0.940. The van der Waals surface area contributed by atoms with Crippen LogP contribution in [-0.2, 0) is 11.3 Å². The van der Waals surface area contributed by atoms with Gasteiger partial charge in [-0.25, -0.2) is 4.79 Å². The lowest BCUT2D eigenvalue weighted by Gasteiger charge is -2.05. The minimum atomic E-state index is -0.948. The highest BCUT2D eigenvalue weighted by Crippen LogP contribution is 2.15. The molecule has 0 aliphatic rings. The van der Waals surface area contributed by atoms with E-state index in [4.69, 9.17) is 9.84 Å². The topological polar surface area (TPSA) is 59.4 Å². The number of hydrogen-bond donors (Lipinski definition) is 1. The van der Waals surface area contributed by atoms with Gasteiger partial charge in [-0.05, 0) is 25.4 Å². The van der Waals surface area contributed by atoms with Crippen molar-refractivity contribution in [1.82, 2.24) is 4.37 Å². The van der Waals surface area contributed by atoms with Crippen molar-refractivity contribution in [3.63, 3.8) is 0 Å². The van der Waals surface area contributed by atoms with Gasteiger partial charge in [-0.3, -0.25) is 0 Å². The highest BCUT2D eigenvalue weighted by Gasteiger charge is 2.12. The zero-order chi connectivity index (χ0) is 9.84. The Bertz CT molecular complexity index is 295. The number of ether oxygens (including phenoxy) is 1. The Balaban J connectivity index is 2.65. The van der Waals surface area contributed by atoms with Crippen LogP contribution in [0.4, 0.5) is 0 Å². The average molecular weight is 201 g/mol. The first-order valence-corrected chi connectivity index (χ1v) is 4.67. The molecule has 1 aromatic heterocycles. The van der Waals surface area contributed by atoms with Crippen LogP contribution < -0.4 is 0 Å². The maximum atomic E-state index is 10.6. The van der Waals surface area contributed by atoms with E-state index < -0.39 is 5.97 Å². The molecule has 13 heavy (non-hydrogen) atoms.